The third-order valence-electron chi connectivity index (χ3n) is 2.76. The molecule has 1 saturated carbocycles. The van der Waals surface area contributed by atoms with Crippen LogP contribution in [0.4, 0.5) is 8.78 Å². The first-order chi connectivity index (χ1) is 8.63. The third kappa shape index (κ3) is 6.17. The average Bonchev–Trinajstić information content (AvgIpc) is 3.07. The second-order valence-electron chi connectivity index (χ2n) is 4.57. The highest BCUT2D eigenvalue weighted by Crippen LogP contribution is 2.18. The molecule has 0 amide bonds. The van der Waals surface area contributed by atoms with Gasteiger partial charge in [-0.05, 0) is 43.4 Å². The number of halogens is 3. The molecule has 3 N–H and O–H groups in total. The number of guanidine groups is 1. The topological polar surface area (TPSA) is 50.4 Å². The van der Waals surface area contributed by atoms with Crippen LogP contribution in [0.5, 0.6) is 0 Å². The Bertz CT molecular complexity index is 427. The quantitative estimate of drug-likeness (QED) is 0.357. The van der Waals surface area contributed by atoms with Gasteiger partial charge in [-0.25, -0.2) is 8.78 Å². The second kappa shape index (κ2) is 7.62. The Morgan fingerprint density at radius 2 is 1.89 bits per heavy atom. The van der Waals surface area contributed by atoms with E-state index in [9.17, 15) is 8.78 Å². The lowest BCUT2D eigenvalue weighted by Crippen LogP contribution is -2.33. The fourth-order valence-corrected chi connectivity index (χ4v) is 1.72. The number of nitrogens with two attached hydrogens (primary N) is 1. The van der Waals surface area contributed by atoms with E-state index in [-0.39, 0.29) is 24.0 Å². The van der Waals surface area contributed by atoms with E-state index in [2.05, 4.69) is 10.3 Å². The Kier molecular flexibility index (Phi) is 6.47. The van der Waals surface area contributed by atoms with Gasteiger partial charge < -0.3 is 11.1 Å². The van der Waals surface area contributed by atoms with Crippen molar-refractivity contribution in [3.05, 3.63) is 35.4 Å². The Morgan fingerprint density at radius 1 is 1.26 bits per heavy atom. The van der Waals surface area contributed by atoms with Gasteiger partial charge in [0.1, 0.15) is 11.6 Å². The highest BCUT2D eigenvalue weighted by atomic mass is 127. The maximum Gasteiger partial charge on any atom is 0.188 e. The summed E-state index contributed by atoms with van der Waals surface area (Å²) in [6, 6.07) is 4.06. The maximum atomic E-state index is 12.9. The summed E-state index contributed by atoms with van der Waals surface area (Å²) in [5.74, 6) is -0.616. The van der Waals surface area contributed by atoms with Crippen LogP contribution in [-0.4, -0.2) is 18.5 Å². The van der Waals surface area contributed by atoms with E-state index in [0.29, 0.717) is 30.5 Å². The molecule has 1 fully saturated rings. The molecule has 2 rings (SSSR count). The molecule has 0 aromatic heterocycles. The number of benzene rings is 1. The van der Waals surface area contributed by atoms with Crippen molar-refractivity contribution in [2.45, 2.75) is 31.7 Å². The van der Waals surface area contributed by atoms with E-state index in [0.717, 1.165) is 25.3 Å². The molecular weight excluding hydrogens is 363 g/mol. The minimum absolute atomic E-state index is 0. The first-order valence-electron chi connectivity index (χ1n) is 6.15. The van der Waals surface area contributed by atoms with Crippen LogP contribution in [0.15, 0.2) is 23.2 Å². The van der Waals surface area contributed by atoms with E-state index in [4.69, 9.17) is 5.73 Å². The van der Waals surface area contributed by atoms with Crippen LogP contribution in [0, 0.1) is 11.6 Å². The van der Waals surface area contributed by atoms with Crippen molar-refractivity contribution in [2.24, 2.45) is 10.7 Å². The van der Waals surface area contributed by atoms with Crippen molar-refractivity contribution >= 4 is 29.9 Å². The summed E-state index contributed by atoms with van der Waals surface area (Å²) in [4.78, 5) is 4.16. The van der Waals surface area contributed by atoms with Crippen LogP contribution >= 0.6 is 24.0 Å². The molecule has 6 heteroatoms. The fraction of sp³-hybridized carbons (Fsp3) is 0.462. The Labute approximate surface area is 128 Å². The monoisotopic (exact) mass is 381 g/mol. The molecule has 1 aromatic carbocycles. The Morgan fingerprint density at radius 3 is 2.47 bits per heavy atom. The van der Waals surface area contributed by atoms with E-state index in [1.807, 2.05) is 0 Å². The summed E-state index contributed by atoms with van der Waals surface area (Å²) in [5.41, 5.74) is 6.31. The fourth-order valence-electron chi connectivity index (χ4n) is 1.72. The highest BCUT2D eigenvalue weighted by molar-refractivity contribution is 14.0. The molecule has 0 unspecified atom stereocenters. The highest BCUT2D eigenvalue weighted by Gasteiger charge is 2.21. The van der Waals surface area contributed by atoms with E-state index in [1.165, 1.54) is 12.1 Å². The molecule has 106 valence electrons. The predicted molar refractivity (Wildman–Crippen MR) is 82.7 cm³/mol. The average molecular weight is 381 g/mol. The molecule has 1 aliphatic rings. The van der Waals surface area contributed by atoms with Crippen molar-refractivity contribution < 1.29 is 8.78 Å². The van der Waals surface area contributed by atoms with Gasteiger partial charge in [-0.2, -0.15) is 0 Å². The summed E-state index contributed by atoms with van der Waals surface area (Å²) in [6.07, 6.45) is 3.61. The van der Waals surface area contributed by atoms with Crippen molar-refractivity contribution in [3.63, 3.8) is 0 Å². The third-order valence-corrected chi connectivity index (χ3v) is 2.76. The van der Waals surface area contributed by atoms with Crippen LogP contribution in [0.25, 0.3) is 0 Å². The number of nitrogens with zero attached hydrogens (tertiary/aromatic N) is 1. The van der Waals surface area contributed by atoms with E-state index < -0.39 is 11.6 Å². The summed E-state index contributed by atoms with van der Waals surface area (Å²) >= 11 is 0. The van der Waals surface area contributed by atoms with Gasteiger partial charge in [-0.3, -0.25) is 4.99 Å². The van der Waals surface area contributed by atoms with Crippen molar-refractivity contribution in [2.75, 3.05) is 6.54 Å². The molecule has 0 bridgehead atoms. The van der Waals surface area contributed by atoms with Gasteiger partial charge in [-0.1, -0.05) is 0 Å². The largest absolute Gasteiger partial charge is 0.370 e. The predicted octanol–water partition coefficient (Wildman–Crippen LogP) is 2.58. The van der Waals surface area contributed by atoms with Gasteiger partial charge in [0.2, 0.25) is 0 Å². The summed E-state index contributed by atoms with van der Waals surface area (Å²) in [6.45, 7) is 0.559. The zero-order chi connectivity index (χ0) is 13.0. The van der Waals surface area contributed by atoms with Crippen LogP contribution in [-0.2, 0) is 6.42 Å². The zero-order valence-corrected chi connectivity index (χ0v) is 12.9. The molecule has 0 radical (unpaired) electrons. The summed E-state index contributed by atoms with van der Waals surface area (Å²) in [5, 5.41) is 3.08. The van der Waals surface area contributed by atoms with Crippen molar-refractivity contribution in [3.8, 4) is 0 Å². The van der Waals surface area contributed by atoms with Crippen LogP contribution in [0.3, 0.4) is 0 Å². The normalized spacial score (nSPS) is 14.9. The maximum absolute atomic E-state index is 12.9. The van der Waals surface area contributed by atoms with Gasteiger partial charge in [0.25, 0.3) is 0 Å². The standard InChI is InChI=1S/C13H17F2N3.HI/c14-10-6-9(7-11(15)8-10)2-1-5-17-13(16)18-12-3-4-12;/h6-8,12H,1-5H2,(H3,16,17,18);1H. The van der Waals surface area contributed by atoms with E-state index in [1.54, 1.807) is 0 Å². The van der Waals surface area contributed by atoms with Gasteiger partial charge >= 0.3 is 0 Å². The number of hydrogen-bond donors (Lipinski definition) is 2. The number of nitrogens with one attached hydrogen (secondary N) is 1. The number of aliphatic imine (C=N–C) groups is 1. The molecule has 3 nitrogen and oxygen atoms in total. The lowest BCUT2D eigenvalue weighted by atomic mass is 10.1. The molecule has 1 aliphatic carbocycles. The number of rotatable bonds is 5. The van der Waals surface area contributed by atoms with Crippen molar-refractivity contribution in [1.82, 2.24) is 5.32 Å². The molecular formula is C13H18F2IN3. The molecule has 19 heavy (non-hydrogen) atoms. The van der Waals surface area contributed by atoms with Gasteiger partial charge in [0, 0.05) is 18.7 Å². The first kappa shape index (κ1) is 16.1. The van der Waals surface area contributed by atoms with Gasteiger partial charge in [-0.15, -0.1) is 24.0 Å². The Hall–Kier alpha value is -0.920. The Balaban J connectivity index is 0.00000180. The molecule has 0 aliphatic heterocycles. The molecule has 0 spiro atoms. The zero-order valence-electron chi connectivity index (χ0n) is 10.5. The first-order valence-corrected chi connectivity index (χ1v) is 6.15. The minimum atomic E-state index is -0.539. The van der Waals surface area contributed by atoms with Crippen molar-refractivity contribution in [1.29, 1.82) is 0 Å². The SMILES string of the molecule is I.NC(=NCCCc1cc(F)cc(F)c1)NC1CC1. The van der Waals surface area contributed by atoms with Gasteiger partial charge in [0.15, 0.2) is 5.96 Å². The molecule has 0 saturated heterocycles. The van der Waals surface area contributed by atoms with Crippen LogP contribution in [0.2, 0.25) is 0 Å². The lowest BCUT2D eigenvalue weighted by molar-refractivity contribution is 0.578. The number of aryl methyl sites for hydroxylation is 1. The second-order valence-corrected chi connectivity index (χ2v) is 4.57. The molecule has 0 heterocycles. The van der Waals surface area contributed by atoms with Crippen LogP contribution in [0.1, 0.15) is 24.8 Å². The molecule has 1 aromatic rings. The number of hydrogen-bond acceptors (Lipinski definition) is 1. The van der Waals surface area contributed by atoms with Crippen LogP contribution < -0.4 is 11.1 Å². The van der Waals surface area contributed by atoms with E-state index >= 15 is 0 Å². The smallest absolute Gasteiger partial charge is 0.188 e. The van der Waals surface area contributed by atoms with Gasteiger partial charge in [0.05, 0.1) is 0 Å². The summed E-state index contributed by atoms with van der Waals surface area (Å²) in [7, 11) is 0. The summed E-state index contributed by atoms with van der Waals surface area (Å²) < 4.78 is 25.8. The minimum Gasteiger partial charge on any atom is -0.370 e. The lowest BCUT2D eigenvalue weighted by Gasteiger charge is -2.03. The molecule has 0 atom stereocenters.